The Morgan fingerprint density at radius 1 is 1.00 bits per heavy atom. The number of non-ortho nitro benzene ring substituents is 1. The third-order valence-electron chi connectivity index (χ3n) is 4.16. The molecule has 25 heavy (non-hydrogen) atoms. The van der Waals surface area contributed by atoms with Gasteiger partial charge in [-0.05, 0) is 24.0 Å². The summed E-state index contributed by atoms with van der Waals surface area (Å²) in [4.78, 5) is 35.9. The van der Waals surface area contributed by atoms with Gasteiger partial charge in [0.2, 0.25) is 0 Å². The standard InChI is InChI=1S/C18H17N3O4/c22-17-16(11-8-13-6-9-15(10-7-13)21(24)25)19-18(23)20(17)12-14-4-2-1-3-5-14/h1-7,9-10,16H,8,11-12H2,(H,19,23). The molecule has 1 saturated heterocycles. The summed E-state index contributed by atoms with van der Waals surface area (Å²) >= 11 is 0. The van der Waals surface area contributed by atoms with Gasteiger partial charge in [-0.15, -0.1) is 0 Å². The summed E-state index contributed by atoms with van der Waals surface area (Å²) in [7, 11) is 0. The summed E-state index contributed by atoms with van der Waals surface area (Å²) in [6.07, 6.45) is 1.00. The predicted molar refractivity (Wildman–Crippen MR) is 90.7 cm³/mol. The highest BCUT2D eigenvalue weighted by molar-refractivity contribution is 6.04. The molecule has 1 unspecified atom stereocenters. The second kappa shape index (κ2) is 7.12. The molecule has 1 aliphatic heterocycles. The van der Waals surface area contributed by atoms with Crippen LogP contribution in [0.1, 0.15) is 17.5 Å². The molecule has 7 nitrogen and oxygen atoms in total. The van der Waals surface area contributed by atoms with Crippen molar-refractivity contribution in [1.82, 2.24) is 10.2 Å². The first kappa shape index (κ1) is 16.6. The number of aryl methyl sites for hydroxylation is 1. The SMILES string of the molecule is O=C1NC(CCc2ccc([N+](=O)[O-])cc2)C(=O)N1Cc1ccccc1. The Bertz CT molecular complexity index is 790. The van der Waals surface area contributed by atoms with E-state index in [2.05, 4.69) is 5.32 Å². The number of hydrogen-bond acceptors (Lipinski definition) is 4. The number of nitrogens with one attached hydrogen (secondary N) is 1. The van der Waals surface area contributed by atoms with E-state index in [4.69, 9.17) is 0 Å². The molecule has 3 amide bonds. The average molecular weight is 339 g/mol. The van der Waals surface area contributed by atoms with Crippen molar-refractivity contribution in [1.29, 1.82) is 0 Å². The number of rotatable bonds is 6. The van der Waals surface area contributed by atoms with Crippen LogP contribution in [0.5, 0.6) is 0 Å². The number of nitro groups is 1. The molecular formula is C18H17N3O4. The molecule has 2 aromatic carbocycles. The van der Waals surface area contributed by atoms with Crippen molar-refractivity contribution in [2.24, 2.45) is 0 Å². The molecule has 0 aliphatic carbocycles. The molecule has 2 aromatic rings. The molecule has 0 radical (unpaired) electrons. The zero-order valence-corrected chi connectivity index (χ0v) is 13.4. The summed E-state index contributed by atoms with van der Waals surface area (Å²) in [6.45, 7) is 0.250. The van der Waals surface area contributed by atoms with Crippen molar-refractivity contribution in [3.05, 3.63) is 75.8 Å². The largest absolute Gasteiger partial charge is 0.326 e. The number of imide groups is 1. The predicted octanol–water partition coefficient (Wildman–Crippen LogP) is 2.65. The van der Waals surface area contributed by atoms with E-state index >= 15 is 0 Å². The van der Waals surface area contributed by atoms with E-state index < -0.39 is 11.0 Å². The molecule has 0 spiro atoms. The Balaban J connectivity index is 1.59. The normalized spacial score (nSPS) is 16.8. The highest BCUT2D eigenvalue weighted by atomic mass is 16.6. The molecule has 128 valence electrons. The van der Waals surface area contributed by atoms with Gasteiger partial charge in [-0.3, -0.25) is 19.8 Å². The number of hydrogen-bond donors (Lipinski definition) is 1. The lowest BCUT2D eigenvalue weighted by Crippen LogP contribution is -2.31. The topological polar surface area (TPSA) is 92.5 Å². The monoisotopic (exact) mass is 339 g/mol. The highest BCUT2D eigenvalue weighted by Crippen LogP contribution is 2.17. The van der Waals surface area contributed by atoms with Gasteiger partial charge in [-0.2, -0.15) is 0 Å². The van der Waals surface area contributed by atoms with E-state index in [1.54, 1.807) is 12.1 Å². The Morgan fingerprint density at radius 2 is 1.68 bits per heavy atom. The molecule has 0 bridgehead atoms. The minimum atomic E-state index is -0.564. The second-order valence-corrected chi connectivity index (χ2v) is 5.87. The van der Waals surface area contributed by atoms with Crippen LogP contribution >= 0.6 is 0 Å². The fourth-order valence-corrected chi connectivity index (χ4v) is 2.78. The summed E-state index contributed by atoms with van der Waals surface area (Å²) in [5.41, 5.74) is 1.80. The molecule has 0 saturated carbocycles. The Morgan fingerprint density at radius 3 is 2.32 bits per heavy atom. The summed E-state index contributed by atoms with van der Waals surface area (Å²) in [5, 5.41) is 13.4. The van der Waals surface area contributed by atoms with E-state index in [1.807, 2.05) is 30.3 Å². The number of benzene rings is 2. The Hall–Kier alpha value is -3.22. The van der Waals surface area contributed by atoms with Gasteiger partial charge in [-0.1, -0.05) is 42.5 Å². The van der Waals surface area contributed by atoms with E-state index in [-0.39, 0.29) is 24.2 Å². The van der Waals surface area contributed by atoms with Crippen LogP contribution in [0.2, 0.25) is 0 Å². The van der Waals surface area contributed by atoms with Crippen LogP contribution in [0, 0.1) is 10.1 Å². The lowest BCUT2D eigenvalue weighted by atomic mass is 10.0. The number of amides is 3. The maximum absolute atomic E-state index is 12.4. The van der Waals surface area contributed by atoms with Gasteiger partial charge in [0.25, 0.3) is 11.6 Å². The van der Waals surface area contributed by atoms with Gasteiger partial charge in [0.15, 0.2) is 0 Å². The van der Waals surface area contributed by atoms with E-state index in [1.165, 1.54) is 17.0 Å². The lowest BCUT2D eigenvalue weighted by molar-refractivity contribution is -0.384. The minimum Gasteiger partial charge on any atom is -0.326 e. The Kier molecular flexibility index (Phi) is 4.74. The first-order valence-corrected chi connectivity index (χ1v) is 7.94. The first-order valence-electron chi connectivity index (χ1n) is 7.94. The third kappa shape index (κ3) is 3.82. The van der Waals surface area contributed by atoms with Crippen molar-refractivity contribution in [2.75, 3.05) is 0 Å². The molecule has 1 heterocycles. The van der Waals surface area contributed by atoms with Crippen LogP contribution in [0.3, 0.4) is 0 Å². The quantitative estimate of drug-likeness (QED) is 0.497. The molecule has 7 heteroatoms. The average Bonchev–Trinajstić information content (AvgIpc) is 2.89. The Labute approximate surface area is 144 Å². The fraction of sp³-hybridized carbons (Fsp3) is 0.222. The van der Waals surface area contributed by atoms with Gasteiger partial charge in [0, 0.05) is 12.1 Å². The van der Waals surface area contributed by atoms with Gasteiger partial charge < -0.3 is 5.32 Å². The summed E-state index contributed by atoms with van der Waals surface area (Å²) in [6, 6.07) is 14.6. The van der Waals surface area contributed by atoms with Gasteiger partial charge in [-0.25, -0.2) is 4.79 Å². The van der Waals surface area contributed by atoms with Crippen LogP contribution < -0.4 is 5.32 Å². The maximum Gasteiger partial charge on any atom is 0.325 e. The molecule has 1 aliphatic rings. The number of nitrogens with zero attached hydrogens (tertiary/aromatic N) is 2. The molecule has 1 atom stereocenters. The molecule has 1 fully saturated rings. The molecule has 1 N–H and O–H groups in total. The van der Waals surface area contributed by atoms with Crippen molar-refractivity contribution in [3.63, 3.8) is 0 Å². The van der Waals surface area contributed by atoms with Gasteiger partial charge in [0.1, 0.15) is 6.04 Å². The van der Waals surface area contributed by atoms with E-state index in [0.29, 0.717) is 12.8 Å². The minimum absolute atomic E-state index is 0.0306. The van der Waals surface area contributed by atoms with E-state index in [0.717, 1.165) is 11.1 Å². The van der Waals surface area contributed by atoms with Gasteiger partial charge in [0.05, 0.1) is 11.5 Å². The van der Waals surface area contributed by atoms with Crippen molar-refractivity contribution in [3.8, 4) is 0 Å². The number of urea groups is 1. The van der Waals surface area contributed by atoms with Crippen LogP contribution in [0.25, 0.3) is 0 Å². The number of carbonyl (C=O) groups is 2. The third-order valence-corrected chi connectivity index (χ3v) is 4.16. The lowest BCUT2D eigenvalue weighted by Gasteiger charge is -2.13. The summed E-state index contributed by atoms with van der Waals surface area (Å²) in [5.74, 6) is -0.240. The van der Waals surface area contributed by atoms with Crippen molar-refractivity contribution >= 4 is 17.6 Å². The van der Waals surface area contributed by atoms with Crippen LogP contribution in [0.4, 0.5) is 10.5 Å². The maximum atomic E-state index is 12.4. The van der Waals surface area contributed by atoms with Gasteiger partial charge >= 0.3 is 6.03 Å². The van der Waals surface area contributed by atoms with Crippen molar-refractivity contribution < 1.29 is 14.5 Å². The first-order chi connectivity index (χ1) is 12.0. The van der Waals surface area contributed by atoms with Crippen LogP contribution in [-0.2, 0) is 17.8 Å². The number of carbonyl (C=O) groups excluding carboxylic acids is 2. The van der Waals surface area contributed by atoms with Crippen molar-refractivity contribution in [2.45, 2.75) is 25.4 Å². The molecule has 3 rings (SSSR count). The van der Waals surface area contributed by atoms with Crippen LogP contribution in [0.15, 0.2) is 54.6 Å². The zero-order valence-electron chi connectivity index (χ0n) is 13.4. The molecule has 0 aromatic heterocycles. The second-order valence-electron chi connectivity index (χ2n) is 5.87. The highest BCUT2D eigenvalue weighted by Gasteiger charge is 2.37. The zero-order chi connectivity index (χ0) is 17.8. The van der Waals surface area contributed by atoms with Crippen LogP contribution in [-0.4, -0.2) is 27.8 Å². The fourth-order valence-electron chi connectivity index (χ4n) is 2.78. The molecular weight excluding hydrogens is 322 g/mol. The summed E-state index contributed by atoms with van der Waals surface area (Å²) < 4.78 is 0. The number of nitro benzene ring substituents is 1. The van der Waals surface area contributed by atoms with E-state index in [9.17, 15) is 19.7 Å². The smallest absolute Gasteiger partial charge is 0.325 e.